The van der Waals surface area contributed by atoms with Crippen LogP contribution in [0.15, 0.2) is 52.3 Å². The molecule has 0 saturated carbocycles. The van der Waals surface area contributed by atoms with Crippen LogP contribution >= 0.6 is 23.1 Å². The first-order valence-corrected chi connectivity index (χ1v) is 13.2. The molecule has 6 nitrogen and oxygen atoms in total. The van der Waals surface area contributed by atoms with E-state index in [1.54, 1.807) is 11.8 Å². The number of sulfonamides is 1. The summed E-state index contributed by atoms with van der Waals surface area (Å²) >= 11 is 3.02. The number of rotatable bonds is 9. The minimum atomic E-state index is -3.56. The molecular formula is C21H25N3O3S3. The van der Waals surface area contributed by atoms with Crippen molar-refractivity contribution in [1.29, 1.82) is 0 Å². The lowest BCUT2D eigenvalue weighted by molar-refractivity contribution is 0.102. The van der Waals surface area contributed by atoms with Crippen molar-refractivity contribution >= 4 is 54.4 Å². The number of hydrogen-bond acceptors (Lipinski definition) is 6. The second-order valence-corrected chi connectivity index (χ2v) is 10.5. The van der Waals surface area contributed by atoms with Crippen LogP contribution < -0.4 is 5.32 Å². The Balaban J connectivity index is 1.77. The van der Waals surface area contributed by atoms with Crippen molar-refractivity contribution < 1.29 is 13.2 Å². The lowest BCUT2D eigenvalue weighted by atomic mass is 10.2. The van der Waals surface area contributed by atoms with Gasteiger partial charge in [0.1, 0.15) is 0 Å². The van der Waals surface area contributed by atoms with Crippen molar-refractivity contribution in [2.45, 2.75) is 36.5 Å². The van der Waals surface area contributed by atoms with Gasteiger partial charge in [0.15, 0.2) is 5.13 Å². The zero-order valence-corrected chi connectivity index (χ0v) is 19.7. The van der Waals surface area contributed by atoms with Gasteiger partial charge in [0, 0.05) is 23.5 Å². The van der Waals surface area contributed by atoms with E-state index >= 15 is 0 Å². The SMILES string of the molecule is CCCCN(CC)S(=O)(=O)c1ccc(C(=O)Nc2nc3c(SC)cccc3s2)cc1. The molecule has 0 saturated heterocycles. The van der Waals surface area contributed by atoms with Crippen molar-refractivity contribution in [1.82, 2.24) is 9.29 Å². The number of aromatic nitrogens is 1. The van der Waals surface area contributed by atoms with E-state index in [9.17, 15) is 13.2 Å². The van der Waals surface area contributed by atoms with Crippen LogP contribution in [0.4, 0.5) is 5.13 Å². The standard InChI is InChI=1S/C21H25N3O3S3/c1-4-6-14-24(5-2)30(26,27)16-12-10-15(11-13-16)20(25)23-21-22-19-17(28-3)8-7-9-18(19)29-21/h7-13H,4-6,14H2,1-3H3,(H,22,23,25). The molecule has 0 radical (unpaired) electrons. The number of amides is 1. The average Bonchev–Trinajstić information content (AvgIpc) is 3.16. The summed E-state index contributed by atoms with van der Waals surface area (Å²) in [6.45, 7) is 4.77. The quantitative estimate of drug-likeness (QED) is 0.448. The van der Waals surface area contributed by atoms with Crippen LogP contribution in [-0.2, 0) is 10.0 Å². The number of hydrogen-bond donors (Lipinski definition) is 1. The van der Waals surface area contributed by atoms with Crippen molar-refractivity contribution in [3.63, 3.8) is 0 Å². The first kappa shape index (κ1) is 22.7. The highest BCUT2D eigenvalue weighted by molar-refractivity contribution is 7.98. The average molecular weight is 464 g/mol. The van der Waals surface area contributed by atoms with Crippen molar-refractivity contribution in [2.75, 3.05) is 24.7 Å². The summed E-state index contributed by atoms with van der Waals surface area (Å²) in [5, 5.41) is 3.34. The molecule has 0 aliphatic carbocycles. The number of unbranched alkanes of at least 4 members (excludes halogenated alkanes) is 1. The summed E-state index contributed by atoms with van der Waals surface area (Å²) in [4.78, 5) is 18.4. The number of para-hydroxylation sites is 1. The van der Waals surface area contributed by atoms with Crippen LogP contribution in [0, 0.1) is 0 Å². The van der Waals surface area contributed by atoms with E-state index in [-0.39, 0.29) is 10.8 Å². The third-order valence-corrected chi connectivity index (χ3v) is 8.38. The first-order chi connectivity index (χ1) is 14.4. The molecule has 3 aromatic rings. The maximum atomic E-state index is 12.8. The molecule has 9 heteroatoms. The minimum Gasteiger partial charge on any atom is -0.298 e. The Kier molecular flexibility index (Phi) is 7.51. The van der Waals surface area contributed by atoms with E-state index in [1.807, 2.05) is 38.3 Å². The summed E-state index contributed by atoms with van der Waals surface area (Å²) in [6.07, 6.45) is 3.73. The van der Waals surface area contributed by atoms with E-state index in [2.05, 4.69) is 10.3 Å². The predicted octanol–water partition coefficient (Wildman–Crippen LogP) is 5.08. The largest absolute Gasteiger partial charge is 0.298 e. The van der Waals surface area contributed by atoms with Crippen LogP contribution in [0.3, 0.4) is 0 Å². The van der Waals surface area contributed by atoms with Crippen molar-refractivity contribution in [2.24, 2.45) is 0 Å². The van der Waals surface area contributed by atoms with Gasteiger partial charge < -0.3 is 0 Å². The third-order valence-electron chi connectivity index (χ3n) is 4.69. The maximum Gasteiger partial charge on any atom is 0.257 e. The van der Waals surface area contributed by atoms with Gasteiger partial charge in [0.05, 0.1) is 15.1 Å². The summed E-state index contributed by atoms with van der Waals surface area (Å²) in [5.41, 5.74) is 1.26. The van der Waals surface area contributed by atoms with Crippen LogP contribution in [0.25, 0.3) is 10.2 Å². The Morgan fingerprint density at radius 1 is 1.17 bits per heavy atom. The second-order valence-electron chi connectivity index (χ2n) is 6.65. The monoisotopic (exact) mass is 463 g/mol. The smallest absolute Gasteiger partial charge is 0.257 e. The third kappa shape index (κ3) is 4.85. The number of carbonyl (C=O) groups excluding carboxylic acids is 1. The molecule has 1 heterocycles. The molecule has 0 fully saturated rings. The molecule has 1 aromatic heterocycles. The highest BCUT2D eigenvalue weighted by Gasteiger charge is 2.23. The number of nitrogens with one attached hydrogen (secondary N) is 1. The normalized spacial score (nSPS) is 11.9. The van der Waals surface area contributed by atoms with Gasteiger partial charge in [-0.25, -0.2) is 13.4 Å². The summed E-state index contributed by atoms with van der Waals surface area (Å²) < 4.78 is 28.1. The Morgan fingerprint density at radius 2 is 1.90 bits per heavy atom. The molecule has 0 unspecified atom stereocenters. The Bertz CT molecular complexity index is 1130. The molecule has 160 valence electrons. The number of carbonyl (C=O) groups is 1. The molecule has 0 atom stereocenters. The van der Waals surface area contributed by atoms with Gasteiger partial charge in [-0.3, -0.25) is 10.1 Å². The van der Waals surface area contributed by atoms with Crippen molar-refractivity contribution in [3.05, 3.63) is 48.0 Å². The molecule has 30 heavy (non-hydrogen) atoms. The number of benzene rings is 2. The van der Waals surface area contributed by atoms with E-state index < -0.39 is 10.0 Å². The zero-order chi connectivity index (χ0) is 21.7. The number of anilines is 1. The molecule has 1 N–H and O–H groups in total. The molecule has 0 bridgehead atoms. The molecule has 0 aliphatic heterocycles. The van der Waals surface area contributed by atoms with Gasteiger partial charge in [-0.05, 0) is 49.1 Å². The van der Waals surface area contributed by atoms with E-state index in [0.29, 0.717) is 23.8 Å². The molecule has 0 spiro atoms. The maximum absolute atomic E-state index is 12.8. The van der Waals surface area contributed by atoms with Gasteiger partial charge in [0.25, 0.3) is 5.91 Å². The van der Waals surface area contributed by atoms with Gasteiger partial charge >= 0.3 is 0 Å². The predicted molar refractivity (Wildman–Crippen MR) is 125 cm³/mol. The van der Waals surface area contributed by atoms with Gasteiger partial charge in [-0.1, -0.05) is 37.7 Å². The Hall–Kier alpha value is -1.94. The van der Waals surface area contributed by atoms with Crippen LogP contribution in [0.5, 0.6) is 0 Å². The first-order valence-electron chi connectivity index (χ1n) is 9.75. The Labute approximate surface area is 185 Å². The summed E-state index contributed by atoms with van der Waals surface area (Å²) in [7, 11) is -3.56. The fourth-order valence-corrected chi connectivity index (χ4v) is 6.02. The number of fused-ring (bicyclic) bond motifs is 1. The van der Waals surface area contributed by atoms with E-state index in [4.69, 9.17) is 0 Å². The number of nitrogens with zero attached hydrogens (tertiary/aromatic N) is 2. The van der Waals surface area contributed by atoms with Gasteiger partial charge in [-0.2, -0.15) is 4.31 Å². The number of thioether (sulfide) groups is 1. The Morgan fingerprint density at radius 3 is 2.53 bits per heavy atom. The molecule has 3 rings (SSSR count). The fourth-order valence-electron chi connectivity index (χ4n) is 3.02. The topological polar surface area (TPSA) is 79.4 Å². The lowest BCUT2D eigenvalue weighted by Crippen LogP contribution is -2.31. The molecule has 1 amide bonds. The zero-order valence-electron chi connectivity index (χ0n) is 17.2. The van der Waals surface area contributed by atoms with Crippen molar-refractivity contribution in [3.8, 4) is 0 Å². The summed E-state index contributed by atoms with van der Waals surface area (Å²) in [6, 6.07) is 12.0. The van der Waals surface area contributed by atoms with E-state index in [1.165, 1.54) is 39.9 Å². The second kappa shape index (κ2) is 9.91. The highest BCUT2D eigenvalue weighted by Crippen LogP contribution is 2.32. The van der Waals surface area contributed by atoms with Crippen LogP contribution in [-0.4, -0.2) is 43.0 Å². The summed E-state index contributed by atoms with van der Waals surface area (Å²) in [5.74, 6) is -0.318. The fraction of sp³-hybridized carbons (Fsp3) is 0.333. The van der Waals surface area contributed by atoms with Crippen LogP contribution in [0.2, 0.25) is 0 Å². The van der Waals surface area contributed by atoms with Crippen LogP contribution in [0.1, 0.15) is 37.0 Å². The molecule has 2 aromatic carbocycles. The minimum absolute atomic E-state index is 0.196. The lowest BCUT2D eigenvalue weighted by Gasteiger charge is -2.20. The number of thiazole rings is 1. The van der Waals surface area contributed by atoms with Gasteiger partial charge in [-0.15, -0.1) is 11.8 Å². The highest BCUT2D eigenvalue weighted by atomic mass is 32.2. The molecule has 0 aliphatic rings. The van der Waals surface area contributed by atoms with E-state index in [0.717, 1.165) is 28.0 Å². The molecular weight excluding hydrogens is 438 g/mol. The van der Waals surface area contributed by atoms with Gasteiger partial charge in [0.2, 0.25) is 10.0 Å².